The van der Waals surface area contributed by atoms with Crippen LogP contribution in [0.4, 0.5) is 0 Å². The molecule has 0 bridgehead atoms. The van der Waals surface area contributed by atoms with Gasteiger partial charge < -0.3 is 19.9 Å². The minimum atomic E-state index is -0.551. The monoisotopic (exact) mass is 273 g/mol. The number of carbonyl (C=O) groups is 1. The molecule has 1 atom stereocenters. The first-order chi connectivity index (χ1) is 8.49. The van der Waals surface area contributed by atoms with Crippen LogP contribution in [0, 0.1) is 0 Å². The van der Waals surface area contributed by atoms with Crippen LogP contribution in [0.25, 0.3) is 0 Å². The molecule has 1 unspecified atom stereocenters. The van der Waals surface area contributed by atoms with Crippen LogP contribution in [0.3, 0.4) is 0 Å². The molecule has 0 fully saturated rings. The van der Waals surface area contributed by atoms with Gasteiger partial charge in [0.2, 0.25) is 0 Å². The first kappa shape index (κ1) is 14.8. The Kier molecular flexibility index (Phi) is 5.40. The molecule has 0 aromatic heterocycles. The van der Waals surface area contributed by atoms with Crippen LogP contribution in [0.2, 0.25) is 5.02 Å². The van der Waals surface area contributed by atoms with Gasteiger partial charge in [0.05, 0.1) is 16.6 Å². The van der Waals surface area contributed by atoms with Crippen LogP contribution in [0.1, 0.15) is 17.3 Å². The topological polar surface area (TPSA) is 67.8 Å². The molecule has 1 rings (SSSR count). The second-order valence-electron chi connectivity index (χ2n) is 3.77. The van der Waals surface area contributed by atoms with Gasteiger partial charge in [0.15, 0.2) is 6.29 Å². The van der Waals surface area contributed by atoms with Crippen molar-refractivity contribution in [3.05, 3.63) is 28.8 Å². The van der Waals surface area contributed by atoms with Crippen LogP contribution < -0.4 is 5.32 Å². The molecule has 0 saturated carbocycles. The summed E-state index contributed by atoms with van der Waals surface area (Å²) in [6.07, 6.45) is -0.551. The van der Waals surface area contributed by atoms with Crippen molar-refractivity contribution >= 4 is 17.5 Å². The van der Waals surface area contributed by atoms with E-state index in [1.165, 1.54) is 32.4 Å². The van der Waals surface area contributed by atoms with Gasteiger partial charge in [0, 0.05) is 14.2 Å². The molecule has 0 radical (unpaired) electrons. The number of ether oxygens (including phenoxy) is 2. The van der Waals surface area contributed by atoms with Gasteiger partial charge >= 0.3 is 0 Å². The molecule has 100 valence electrons. The molecular weight excluding hydrogens is 258 g/mol. The summed E-state index contributed by atoms with van der Waals surface area (Å²) in [4.78, 5) is 11.9. The molecule has 2 N–H and O–H groups in total. The van der Waals surface area contributed by atoms with Crippen LogP contribution in [0.15, 0.2) is 18.2 Å². The van der Waals surface area contributed by atoms with Gasteiger partial charge in [-0.15, -0.1) is 0 Å². The molecule has 1 aromatic rings. The largest absolute Gasteiger partial charge is 0.508 e. The molecule has 0 aliphatic carbocycles. The Hall–Kier alpha value is -1.30. The Balaban J connectivity index is 2.79. The van der Waals surface area contributed by atoms with Crippen LogP contribution >= 0.6 is 11.6 Å². The molecule has 5 nitrogen and oxygen atoms in total. The summed E-state index contributed by atoms with van der Waals surface area (Å²) in [7, 11) is 2.97. The Morgan fingerprint density at radius 2 is 2.00 bits per heavy atom. The third kappa shape index (κ3) is 3.60. The lowest BCUT2D eigenvalue weighted by molar-refractivity contribution is -0.117. The molecule has 0 aliphatic heterocycles. The predicted octanol–water partition coefficient (Wildman–Crippen LogP) is 1.78. The van der Waals surface area contributed by atoms with Gasteiger partial charge in [-0.3, -0.25) is 4.79 Å². The normalized spacial score (nSPS) is 12.5. The molecule has 0 heterocycles. The van der Waals surface area contributed by atoms with E-state index >= 15 is 0 Å². The summed E-state index contributed by atoms with van der Waals surface area (Å²) in [6, 6.07) is 3.82. The van der Waals surface area contributed by atoms with Gasteiger partial charge in [-0.05, 0) is 25.1 Å². The summed E-state index contributed by atoms with van der Waals surface area (Å²) >= 11 is 5.89. The number of benzene rings is 1. The SMILES string of the molecule is COC(OC)C(C)NC(=O)c1cc(O)ccc1Cl. The van der Waals surface area contributed by atoms with Crippen molar-refractivity contribution in [1.29, 1.82) is 0 Å². The number of hydrogen-bond acceptors (Lipinski definition) is 4. The fourth-order valence-corrected chi connectivity index (χ4v) is 1.75. The average Bonchev–Trinajstić information content (AvgIpc) is 2.33. The molecule has 1 aromatic carbocycles. The molecule has 0 aliphatic rings. The van der Waals surface area contributed by atoms with E-state index in [1.54, 1.807) is 6.92 Å². The van der Waals surface area contributed by atoms with Crippen molar-refractivity contribution < 1.29 is 19.4 Å². The Labute approximate surface area is 111 Å². The molecule has 6 heteroatoms. The summed E-state index contributed by atoms with van der Waals surface area (Å²) in [6.45, 7) is 1.74. The zero-order chi connectivity index (χ0) is 13.7. The summed E-state index contributed by atoms with van der Waals surface area (Å²) in [5.41, 5.74) is 0.203. The second-order valence-corrected chi connectivity index (χ2v) is 4.17. The van der Waals surface area contributed by atoms with Crippen LogP contribution in [-0.4, -0.2) is 37.6 Å². The van der Waals surface area contributed by atoms with E-state index in [4.69, 9.17) is 21.1 Å². The maximum Gasteiger partial charge on any atom is 0.253 e. The lowest BCUT2D eigenvalue weighted by Gasteiger charge is -2.22. The average molecular weight is 274 g/mol. The van der Waals surface area contributed by atoms with Gasteiger partial charge in [-0.1, -0.05) is 11.6 Å². The minimum Gasteiger partial charge on any atom is -0.508 e. The number of carbonyl (C=O) groups excluding carboxylic acids is 1. The Morgan fingerprint density at radius 1 is 1.39 bits per heavy atom. The maximum atomic E-state index is 11.9. The van der Waals surface area contributed by atoms with Crippen molar-refractivity contribution in [2.75, 3.05) is 14.2 Å². The van der Waals surface area contributed by atoms with Crippen LogP contribution in [0.5, 0.6) is 5.75 Å². The van der Waals surface area contributed by atoms with E-state index in [-0.39, 0.29) is 22.4 Å². The summed E-state index contributed by atoms with van der Waals surface area (Å²) in [5, 5.41) is 12.3. The number of hydrogen-bond donors (Lipinski definition) is 2. The van der Waals surface area contributed by atoms with E-state index in [2.05, 4.69) is 5.32 Å². The number of rotatable bonds is 5. The van der Waals surface area contributed by atoms with E-state index < -0.39 is 12.2 Å². The molecule has 18 heavy (non-hydrogen) atoms. The first-order valence-corrected chi connectivity index (χ1v) is 5.72. The lowest BCUT2D eigenvalue weighted by atomic mass is 10.2. The number of nitrogens with one attached hydrogen (secondary N) is 1. The van der Waals surface area contributed by atoms with Crippen molar-refractivity contribution in [2.24, 2.45) is 0 Å². The highest BCUT2D eigenvalue weighted by molar-refractivity contribution is 6.33. The highest BCUT2D eigenvalue weighted by atomic mass is 35.5. The lowest BCUT2D eigenvalue weighted by Crippen LogP contribution is -2.43. The Morgan fingerprint density at radius 3 is 2.56 bits per heavy atom. The number of phenols is 1. The van der Waals surface area contributed by atoms with Gasteiger partial charge in [-0.25, -0.2) is 0 Å². The predicted molar refractivity (Wildman–Crippen MR) is 67.9 cm³/mol. The van der Waals surface area contributed by atoms with Crippen molar-refractivity contribution in [3.63, 3.8) is 0 Å². The maximum absolute atomic E-state index is 11.9. The molecular formula is C12H16ClNO4. The zero-order valence-electron chi connectivity index (χ0n) is 10.4. The van der Waals surface area contributed by atoms with E-state index in [0.29, 0.717) is 0 Å². The van der Waals surface area contributed by atoms with Crippen LogP contribution in [-0.2, 0) is 9.47 Å². The number of amides is 1. The number of phenolic OH excluding ortho intramolecular Hbond substituents is 1. The van der Waals surface area contributed by atoms with Crippen molar-refractivity contribution in [2.45, 2.75) is 19.3 Å². The highest BCUT2D eigenvalue weighted by Crippen LogP contribution is 2.21. The summed E-state index contributed by atoms with van der Waals surface area (Å²) in [5.74, 6) is -0.422. The van der Waals surface area contributed by atoms with E-state index in [1.807, 2.05) is 0 Å². The third-order valence-corrected chi connectivity index (χ3v) is 2.76. The smallest absolute Gasteiger partial charge is 0.253 e. The quantitative estimate of drug-likeness (QED) is 0.803. The van der Waals surface area contributed by atoms with E-state index in [9.17, 15) is 9.90 Å². The molecule has 1 amide bonds. The number of halogens is 1. The van der Waals surface area contributed by atoms with Gasteiger partial charge in [0.1, 0.15) is 5.75 Å². The second kappa shape index (κ2) is 6.58. The minimum absolute atomic E-state index is 0.0211. The van der Waals surface area contributed by atoms with Crippen molar-refractivity contribution in [3.8, 4) is 5.75 Å². The first-order valence-electron chi connectivity index (χ1n) is 5.34. The van der Waals surface area contributed by atoms with Gasteiger partial charge in [-0.2, -0.15) is 0 Å². The molecule has 0 spiro atoms. The third-order valence-electron chi connectivity index (χ3n) is 2.43. The van der Waals surface area contributed by atoms with Crippen molar-refractivity contribution in [1.82, 2.24) is 5.32 Å². The zero-order valence-corrected chi connectivity index (χ0v) is 11.2. The summed E-state index contributed by atoms with van der Waals surface area (Å²) < 4.78 is 10.1. The highest BCUT2D eigenvalue weighted by Gasteiger charge is 2.20. The Bertz CT molecular complexity index is 421. The molecule has 0 saturated heterocycles. The van der Waals surface area contributed by atoms with E-state index in [0.717, 1.165) is 0 Å². The number of aromatic hydroxyl groups is 1. The fourth-order valence-electron chi connectivity index (χ4n) is 1.54. The standard InChI is InChI=1S/C12H16ClNO4/c1-7(12(17-2)18-3)14-11(16)9-6-8(15)4-5-10(9)13/h4-7,12,15H,1-3H3,(H,14,16). The fraction of sp³-hybridized carbons (Fsp3) is 0.417. The van der Waals surface area contributed by atoms with Gasteiger partial charge in [0.25, 0.3) is 5.91 Å². The number of methoxy groups -OCH3 is 2.